The van der Waals surface area contributed by atoms with Gasteiger partial charge in [0.05, 0.1) is 17.6 Å². The molecule has 4 bridgehead atoms. The maximum Gasteiger partial charge on any atom is 0.354 e. The van der Waals surface area contributed by atoms with Crippen molar-refractivity contribution < 1.29 is 4.74 Å². The lowest BCUT2D eigenvalue weighted by molar-refractivity contribution is -0.0556. The third kappa shape index (κ3) is 1.21. The average molecular weight is 319 g/mol. The number of ether oxygens (including phenoxy) is 1. The summed E-state index contributed by atoms with van der Waals surface area (Å²) in [5.74, 6) is 0.0528. The maximum atomic E-state index is 13.0. The van der Waals surface area contributed by atoms with Gasteiger partial charge in [-0.25, -0.2) is 23.5 Å². The second-order valence-electron chi connectivity index (χ2n) is 6.52. The van der Waals surface area contributed by atoms with Crippen LogP contribution in [-0.2, 0) is 4.74 Å². The van der Waals surface area contributed by atoms with Crippen molar-refractivity contribution in [1.29, 1.82) is 0 Å². The van der Waals surface area contributed by atoms with E-state index in [9.17, 15) is 9.59 Å². The molecule has 118 valence electrons. The molecule has 6 heteroatoms. The van der Waals surface area contributed by atoms with Crippen LogP contribution in [-0.4, -0.2) is 13.9 Å². The van der Waals surface area contributed by atoms with Crippen LogP contribution in [0.25, 0.3) is 5.69 Å². The number of hydrogen-bond donors (Lipinski definition) is 0. The third-order valence-electron chi connectivity index (χ3n) is 5.48. The first-order valence-corrected chi connectivity index (χ1v) is 8.03. The molecular weight excluding hydrogens is 306 g/mol. The second-order valence-corrected chi connectivity index (χ2v) is 6.52. The molecule has 1 saturated heterocycles. The van der Waals surface area contributed by atoms with Gasteiger partial charge in [-0.15, -0.1) is 0 Å². The SMILES string of the molecule is O=c1n(-c2ccccc2)c(=O)n2n1[C@@H]1[C@H]3c4ccccc4[C@@H]1O[C@H]32. The van der Waals surface area contributed by atoms with Crippen LogP contribution in [0.5, 0.6) is 0 Å². The minimum absolute atomic E-state index is 0.0528. The Morgan fingerprint density at radius 3 is 2.25 bits per heavy atom. The molecule has 3 aromatic rings. The van der Waals surface area contributed by atoms with E-state index in [1.807, 2.05) is 30.3 Å². The normalized spacial score (nSPS) is 28.2. The third-order valence-corrected chi connectivity index (χ3v) is 5.48. The summed E-state index contributed by atoms with van der Waals surface area (Å²) in [6, 6.07) is 17.0. The monoisotopic (exact) mass is 319 g/mol. The van der Waals surface area contributed by atoms with Crippen LogP contribution in [0.2, 0.25) is 0 Å². The first-order valence-electron chi connectivity index (χ1n) is 8.03. The van der Waals surface area contributed by atoms with Crippen LogP contribution >= 0.6 is 0 Å². The second kappa shape index (κ2) is 3.96. The lowest BCUT2D eigenvalue weighted by atomic mass is 9.98. The Kier molecular flexibility index (Phi) is 2.07. The van der Waals surface area contributed by atoms with Gasteiger partial charge in [-0.1, -0.05) is 42.5 Å². The Labute approximate surface area is 136 Å². The molecule has 0 unspecified atom stereocenters. The average Bonchev–Trinajstić information content (AvgIpc) is 3.31. The lowest BCUT2D eigenvalue weighted by Crippen LogP contribution is -2.32. The quantitative estimate of drug-likeness (QED) is 0.686. The minimum atomic E-state index is -0.389. The molecule has 1 fully saturated rings. The van der Waals surface area contributed by atoms with Crippen molar-refractivity contribution in [2.24, 2.45) is 0 Å². The first-order chi connectivity index (χ1) is 11.8. The Hall–Kier alpha value is -2.86. The molecule has 1 aromatic heterocycles. The van der Waals surface area contributed by atoms with E-state index >= 15 is 0 Å². The highest BCUT2D eigenvalue weighted by Gasteiger charge is 2.61. The van der Waals surface area contributed by atoms with Crippen molar-refractivity contribution in [1.82, 2.24) is 13.9 Å². The molecule has 3 heterocycles. The summed E-state index contributed by atoms with van der Waals surface area (Å²) in [4.78, 5) is 25.9. The summed E-state index contributed by atoms with van der Waals surface area (Å²) < 4.78 is 10.4. The highest BCUT2D eigenvalue weighted by atomic mass is 16.5. The molecular formula is C18H13N3O3. The topological polar surface area (TPSA) is 58.2 Å². The zero-order valence-corrected chi connectivity index (χ0v) is 12.6. The summed E-state index contributed by atoms with van der Waals surface area (Å²) in [6.45, 7) is 0. The molecule has 2 aromatic carbocycles. The van der Waals surface area contributed by atoms with E-state index in [4.69, 9.17) is 4.74 Å². The fraction of sp³-hybridized carbons (Fsp3) is 0.222. The van der Waals surface area contributed by atoms with E-state index in [-0.39, 0.29) is 35.7 Å². The molecule has 1 aliphatic carbocycles. The predicted molar refractivity (Wildman–Crippen MR) is 85.4 cm³/mol. The van der Waals surface area contributed by atoms with Crippen molar-refractivity contribution in [2.45, 2.75) is 24.3 Å². The van der Waals surface area contributed by atoms with Gasteiger partial charge in [0, 0.05) is 0 Å². The van der Waals surface area contributed by atoms with Crippen LogP contribution in [0.15, 0.2) is 64.2 Å². The molecule has 6 rings (SSSR count). The van der Waals surface area contributed by atoms with E-state index in [1.165, 1.54) is 14.8 Å². The van der Waals surface area contributed by atoms with Gasteiger partial charge in [0.1, 0.15) is 6.10 Å². The first kappa shape index (κ1) is 12.5. The molecule has 2 aliphatic heterocycles. The molecule has 0 radical (unpaired) electrons. The van der Waals surface area contributed by atoms with Gasteiger partial charge in [0.2, 0.25) is 0 Å². The van der Waals surface area contributed by atoms with Gasteiger partial charge in [-0.05, 0) is 23.3 Å². The van der Waals surface area contributed by atoms with E-state index in [0.717, 1.165) is 5.56 Å². The highest BCUT2D eigenvalue weighted by molar-refractivity contribution is 5.44. The van der Waals surface area contributed by atoms with Crippen molar-refractivity contribution in [3.05, 3.63) is 86.7 Å². The Morgan fingerprint density at radius 2 is 1.46 bits per heavy atom. The molecule has 4 atom stereocenters. The highest BCUT2D eigenvalue weighted by Crippen LogP contribution is 2.64. The molecule has 0 amide bonds. The molecule has 3 aliphatic rings. The van der Waals surface area contributed by atoms with Crippen LogP contribution in [0.1, 0.15) is 35.4 Å². The van der Waals surface area contributed by atoms with Crippen LogP contribution in [0, 0.1) is 0 Å². The van der Waals surface area contributed by atoms with Crippen molar-refractivity contribution in [2.75, 3.05) is 0 Å². The fourth-order valence-electron chi connectivity index (χ4n) is 4.60. The van der Waals surface area contributed by atoms with E-state index in [1.54, 1.807) is 16.8 Å². The summed E-state index contributed by atoms with van der Waals surface area (Å²) in [5, 5.41) is 0. The van der Waals surface area contributed by atoms with E-state index in [0.29, 0.717) is 5.69 Å². The summed E-state index contributed by atoms with van der Waals surface area (Å²) in [6.07, 6.45) is -0.528. The summed E-state index contributed by atoms with van der Waals surface area (Å²) in [5.41, 5.74) is 2.31. The maximum absolute atomic E-state index is 13.0. The van der Waals surface area contributed by atoms with Crippen molar-refractivity contribution >= 4 is 0 Å². The van der Waals surface area contributed by atoms with Crippen molar-refractivity contribution in [3.63, 3.8) is 0 Å². The molecule has 0 saturated carbocycles. The number of aromatic nitrogens is 3. The van der Waals surface area contributed by atoms with Gasteiger partial charge in [0.15, 0.2) is 6.23 Å². The number of benzene rings is 2. The molecule has 6 nitrogen and oxygen atoms in total. The van der Waals surface area contributed by atoms with Gasteiger partial charge < -0.3 is 4.74 Å². The molecule has 0 N–H and O–H groups in total. The Bertz CT molecular complexity index is 1110. The number of para-hydroxylation sites is 1. The number of hydrogen-bond acceptors (Lipinski definition) is 3. The smallest absolute Gasteiger partial charge is 0.345 e. The largest absolute Gasteiger partial charge is 0.354 e. The molecule has 24 heavy (non-hydrogen) atoms. The Balaban J connectivity index is 1.61. The van der Waals surface area contributed by atoms with Gasteiger partial charge >= 0.3 is 11.4 Å². The number of nitrogens with zero attached hydrogens (tertiary/aromatic N) is 3. The molecule has 0 spiro atoms. The van der Waals surface area contributed by atoms with Gasteiger partial charge in [0.25, 0.3) is 0 Å². The lowest BCUT2D eigenvalue weighted by Gasteiger charge is -2.26. The number of fused-ring (bicyclic) bond motifs is 4. The standard InChI is InChI=1S/C18H13N3O3/c22-17-19(10-6-2-1-3-7-10)18(23)21-16-13-11-8-4-5-9-12(11)15(24-16)14(13)20(17)21/h1-9,13-16H/t13-,14-,15+,16-/m1/s1. The number of rotatable bonds is 1. The van der Waals surface area contributed by atoms with Crippen LogP contribution in [0.3, 0.4) is 0 Å². The predicted octanol–water partition coefficient (Wildman–Crippen LogP) is 1.72. The zero-order chi connectivity index (χ0) is 16.0. The van der Waals surface area contributed by atoms with Crippen molar-refractivity contribution in [3.8, 4) is 5.69 Å². The summed E-state index contributed by atoms with van der Waals surface area (Å²) >= 11 is 0. The minimum Gasteiger partial charge on any atom is -0.345 e. The zero-order valence-electron chi connectivity index (χ0n) is 12.6. The van der Waals surface area contributed by atoms with Crippen LogP contribution < -0.4 is 11.4 Å². The van der Waals surface area contributed by atoms with E-state index < -0.39 is 0 Å². The Morgan fingerprint density at radius 1 is 0.792 bits per heavy atom. The fourth-order valence-corrected chi connectivity index (χ4v) is 4.60. The van der Waals surface area contributed by atoms with Gasteiger partial charge in [-0.3, -0.25) is 0 Å². The summed E-state index contributed by atoms with van der Waals surface area (Å²) in [7, 11) is 0. The van der Waals surface area contributed by atoms with E-state index in [2.05, 4.69) is 12.1 Å². The van der Waals surface area contributed by atoms with Crippen LogP contribution in [0.4, 0.5) is 0 Å². The van der Waals surface area contributed by atoms with Gasteiger partial charge in [-0.2, -0.15) is 0 Å².